The van der Waals surface area contributed by atoms with E-state index < -0.39 is 0 Å². The van der Waals surface area contributed by atoms with Gasteiger partial charge in [-0.3, -0.25) is 4.79 Å². The van der Waals surface area contributed by atoms with Crippen LogP contribution in [0.1, 0.15) is 15.9 Å². The van der Waals surface area contributed by atoms with Gasteiger partial charge in [0.2, 0.25) is 0 Å². The fraction of sp³-hybridized carbons (Fsp3) is 0.222. The lowest BCUT2D eigenvalue weighted by molar-refractivity contribution is 0.0963. The van der Waals surface area contributed by atoms with Gasteiger partial charge in [0.05, 0.1) is 0 Å². The van der Waals surface area contributed by atoms with Crippen LogP contribution in [0.25, 0.3) is 0 Å². The maximum Gasteiger partial charge on any atom is 0.251 e. The molecule has 0 atom stereocenters. The topological polar surface area (TPSA) is 29.1 Å². The molecule has 0 aliphatic heterocycles. The van der Waals surface area contributed by atoms with Gasteiger partial charge in [0.1, 0.15) is 0 Å². The molecule has 0 bridgehead atoms. The third kappa shape index (κ3) is 1.98. The molecule has 1 rings (SSSR count). The number of amides is 1. The number of alkyl halides is 1. The summed E-state index contributed by atoms with van der Waals surface area (Å²) < 4.78 is 0. The van der Waals surface area contributed by atoms with Crippen LogP contribution in [0.3, 0.4) is 0 Å². The van der Waals surface area contributed by atoms with Crippen molar-refractivity contribution in [2.75, 3.05) is 7.05 Å². The quantitative estimate of drug-likeness (QED) is 0.696. The maximum atomic E-state index is 11.1. The highest BCUT2D eigenvalue weighted by Gasteiger charge is 2.01. The molecule has 1 aromatic rings. The number of carbonyl (C=O) groups excluding carboxylic acids is 1. The lowest BCUT2D eigenvalue weighted by Crippen LogP contribution is -2.17. The van der Waals surface area contributed by atoms with Crippen LogP contribution < -0.4 is 5.32 Å². The van der Waals surface area contributed by atoms with E-state index >= 15 is 0 Å². The van der Waals surface area contributed by atoms with Crippen molar-refractivity contribution in [1.29, 1.82) is 0 Å². The first-order valence-electron chi connectivity index (χ1n) is 3.65. The highest BCUT2D eigenvalue weighted by molar-refractivity contribution is 6.17. The molecular weight excluding hydrogens is 174 g/mol. The van der Waals surface area contributed by atoms with E-state index in [1.165, 1.54) is 0 Å². The lowest BCUT2D eigenvalue weighted by atomic mass is 10.1. The second-order valence-corrected chi connectivity index (χ2v) is 2.68. The molecule has 0 aliphatic rings. The number of carbonyl (C=O) groups is 1. The molecule has 0 saturated heterocycles. The van der Waals surface area contributed by atoms with Gasteiger partial charge in [0.15, 0.2) is 0 Å². The summed E-state index contributed by atoms with van der Waals surface area (Å²) >= 11 is 5.62. The van der Waals surface area contributed by atoms with E-state index in [0.717, 1.165) is 5.56 Å². The zero-order valence-corrected chi connectivity index (χ0v) is 7.56. The van der Waals surface area contributed by atoms with Crippen LogP contribution in [0.4, 0.5) is 0 Å². The van der Waals surface area contributed by atoms with Gasteiger partial charge in [-0.1, -0.05) is 12.1 Å². The molecule has 0 spiro atoms. The predicted molar refractivity (Wildman–Crippen MR) is 49.4 cm³/mol. The fourth-order valence-electron chi connectivity index (χ4n) is 0.940. The van der Waals surface area contributed by atoms with Crippen LogP contribution in [-0.4, -0.2) is 13.0 Å². The van der Waals surface area contributed by atoms with Crippen LogP contribution in [0, 0.1) is 0 Å². The molecule has 12 heavy (non-hydrogen) atoms. The summed E-state index contributed by atoms with van der Waals surface area (Å²) in [5.41, 5.74) is 1.61. The summed E-state index contributed by atoms with van der Waals surface area (Å²) in [5, 5.41) is 2.55. The third-order valence-corrected chi connectivity index (χ3v) is 1.88. The van der Waals surface area contributed by atoms with Crippen LogP contribution in [0.15, 0.2) is 24.3 Å². The highest BCUT2D eigenvalue weighted by Crippen LogP contribution is 2.07. The smallest absolute Gasteiger partial charge is 0.251 e. The van der Waals surface area contributed by atoms with Crippen LogP contribution in [0.2, 0.25) is 0 Å². The average Bonchev–Trinajstić information content (AvgIpc) is 2.17. The van der Waals surface area contributed by atoms with Gasteiger partial charge in [-0.25, -0.2) is 0 Å². The molecule has 0 fully saturated rings. The van der Waals surface area contributed by atoms with Gasteiger partial charge >= 0.3 is 0 Å². The predicted octanol–water partition coefficient (Wildman–Crippen LogP) is 1.79. The second-order valence-electron chi connectivity index (χ2n) is 2.41. The first-order chi connectivity index (χ1) is 5.77. The maximum absolute atomic E-state index is 11.1. The Morgan fingerprint density at radius 2 is 2.33 bits per heavy atom. The Balaban J connectivity index is 2.93. The number of hydrogen-bond acceptors (Lipinski definition) is 1. The van der Waals surface area contributed by atoms with Crippen molar-refractivity contribution in [2.45, 2.75) is 5.88 Å². The Hall–Kier alpha value is -1.02. The Morgan fingerprint density at radius 1 is 1.58 bits per heavy atom. The minimum atomic E-state index is -0.0815. The molecule has 0 aromatic heterocycles. The van der Waals surface area contributed by atoms with Gasteiger partial charge in [-0.2, -0.15) is 0 Å². The van der Waals surface area contributed by atoms with Gasteiger partial charge in [-0.05, 0) is 17.7 Å². The molecule has 1 N–H and O–H groups in total. The molecule has 0 unspecified atom stereocenters. The van der Waals surface area contributed by atoms with Crippen LogP contribution in [-0.2, 0) is 5.88 Å². The van der Waals surface area contributed by atoms with Crippen molar-refractivity contribution in [3.8, 4) is 0 Å². The zero-order chi connectivity index (χ0) is 8.97. The largest absolute Gasteiger partial charge is 0.355 e. The second kappa shape index (κ2) is 4.12. The van der Waals surface area contributed by atoms with Crippen molar-refractivity contribution in [3.05, 3.63) is 35.4 Å². The van der Waals surface area contributed by atoms with Crippen molar-refractivity contribution >= 4 is 17.5 Å². The normalized spacial score (nSPS) is 9.50. The van der Waals surface area contributed by atoms with Crippen molar-refractivity contribution in [3.63, 3.8) is 0 Å². The summed E-state index contributed by atoms with van der Waals surface area (Å²) in [6.45, 7) is 0. The van der Waals surface area contributed by atoms with E-state index in [2.05, 4.69) is 5.32 Å². The monoisotopic (exact) mass is 183 g/mol. The SMILES string of the molecule is CNC(=O)c1cccc(CCl)c1. The molecular formula is C9H10ClNO. The summed E-state index contributed by atoms with van der Waals surface area (Å²) in [7, 11) is 1.61. The number of nitrogens with one attached hydrogen (secondary N) is 1. The minimum Gasteiger partial charge on any atom is -0.355 e. The fourth-order valence-corrected chi connectivity index (χ4v) is 1.11. The highest BCUT2D eigenvalue weighted by atomic mass is 35.5. The molecule has 64 valence electrons. The van der Waals surface area contributed by atoms with Crippen molar-refractivity contribution in [2.24, 2.45) is 0 Å². The third-order valence-electron chi connectivity index (χ3n) is 1.57. The standard InChI is InChI=1S/C9H10ClNO/c1-11-9(12)8-4-2-3-7(5-8)6-10/h2-5H,6H2,1H3,(H,11,12). The molecule has 1 aromatic carbocycles. The van der Waals surface area contributed by atoms with E-state index in [1.807, 2.05) is 12.1 Å². The number of benzene rings is 1. The van der Waals surface area contributed by atoms with E-state index in [0.29, 0.717) is 11.4 Å². The number of hydrogen-bond donors (Lipinski definition) is 1. The molecule has 0 aliphatic carbocycles. The molecule has 3 heteroatoms. The summed E-state index contributed by atoms with van der Waals surface area (Å²) in [6, 6.07) is 7.25. The summed E-state index contributed by atoms with van der Waals surface area (Å²) in [4.78, 5) is 11.1. The Morgan fingerprint density at radius 3 is 2.92 bits per heavy atom. The van der Waals surface area contributed by atoms with E-state index in [-0.39, 0.29) is 5.91 Å². The molecule has 1 amide bonds. The number of rotatable bonds is 2. The first kappa shape index (κ1) is 9.07. The van der Waals surface area contributed by atoms with Crippen LogP contribution >= 0.6 is 11.6 Å². The van der Waals surface area contributed by atoms with E-state index in [1.54, 1.807) is 19.2 Å². The lowest BCUT2D eigenvalue weighted by Gasteiger charge is -2.00. The molecule has 2 nitrogen and oxygen atoms in total. The summed E-state index contributed by atoms with van der Waals surface area (Å²) in [5.74, 6) is 0.354. The van der Waals surface area contributed by atoms with Gasteiger partial charge in [0.25, 0.3) is 5.91 Å². The van der Waals surface area contributed by atoms with Gasteiger partial charge in [0, 0.05) is 18.5 Å². The molecule has 0 heterocycles. The van der Waals surface area contributed by atoms with Crippen molar-refractivity contribution < 1.29 is 4.79 Å². The van der Waals surface area contributed by atoms with Crippen LogP contribution in [0.5, 0.6) is 0 Å². The first-order valence-corrected chi connectivity index (χ1v) is 4.18. The Labute approximate surface area is 76.5 Å². The zero-order valence-electron chi connectivity index (χ0n) is 6.80. The minimum absolute atomic E-state index is 0.0815. The Bertz CT molecular complexity index is 286. The average molecular weight is 184 g/mol. The van der Waals surface area contributed by atoms with Gasteiger partial charge in [-0.15, -0.1) is 11.6 Å². The van der Waals surface area contributed by atoms with Crippen molar-refractivity contribution in [1.82, 2.24) is 5.32 Å². The summed E-state index contributed by atoms with van der Waals surface area (Å²) in [6.07, 6.45) is 0. The Kier molecular flexibility index (Phi) is 3.11. The van der Waals surface area contributed by atoms with E-state index in [4.69, 9.17) is 11.6 Å². The van der Waals surface area contributed by atoms with E-state index in [9.17, 15) is 4.79 Å². The molecule has 0 saturated carbocycles. The number of halogens is 1. The van der Waals surface area contributed by atoms with Gasteiger partial charge < -0.3 is 5.32 Å². The molecule has 0 radical (unpaired) electrons.